The van der Waals surface area contributed by atoms with Crippen LogP contribution < -0.4 is 19.5 Å². The topological polar surface area (TPSA) is 94.1 Å². The van der Waals surface area contributed by atoms with Gasteiger partial charge in [0, 0.05) is 18.7 Å². The molecule has 0 saturated carbocycles. The number of phenols is 1. The molecule has 2 aromatic carbocycles. The predicted molar refractivity (Wildman–Crippen MR) is 96.6 cm³/mol. The summed E-state index contributed by atoms with van der Waals surface area (Å²) in [5, 5.41) is 11.9. The van der Waals surface area contributed by atoms with Gasteiger partial charge in [-0.1, -0.05) is 0 Å². The second-order valence-corrected chi connectivity index (χ2v) is 5.22. The third-order valence-corrected chi connectivity index (χ3v) is 3.29. The third kappa shape index (κ3) is 5.01. The Kier molecular flexibility index (Phi) is 6.21. The molecule has 0 heterocycles. The largest absolute Gasteiger partial charge is 0.508 e. The van der Waals surface area contributed by atoms with Crippen LogP contribution in [0.4, 0.5) is 5.69 Å². The molecule has 0 atom stereocenters. The first-order valence-corrected chi connectivity index (χ1v) is 7.65. The van der Waals surface area contributed by atoms with Crippen LogP contribution in [0, 0.1) is 0 Å². The van der Waals surface area contributed by atoms with Crippen LogP contribution in [0.1, 0.15) is 12.5 Å². The first-order valence-electron chi connectivity index (χ1n) is 7.65. The number of phenolic OH excluding ortho intramolecular Hbond substituents is 1. The molecular weight excluding hydrogens is 338 g/mol. The Hall–Kier alpha value is -3.48. The van der Waals surface area contributed by atoms with Crippen molar-refractivity contribution in [1.29, 1.82) is 0 Å². The minimum atomic E-state index is -0.502. The maximum Gasteiger partial charge on any atom is 0.308 e. The van der Waals surface area contributed by atoms with Crippen molar-refractivity contribution in [3.63, 3.8) is 0 Å². The van der Waals surface area contributed by atoms with Crippen molar-refractivity contribution >= 4 is 23.6 Å². The second kappa shape index (κ2) is 8.57. The van der Waals surface area contributed by atoms with E-state index < -0.39 is 5.97 Å². The van der Waals surface area contributed by atoms with Crippen LogP contribution in [0.2, 0.25) is 0 Å². The van der Waals surface area contributed by atoms with E-state index in [9.17, 15) is 14.7 Å². The number of rotatable bonds is 6. The monoisotopic (exact) mass is 357 g/mol. The molecular formula is C19H19NO6. The van der Waals surface area contributed by atoms with Gasteiger partial charge in [-0.15, -0.1) is 0 Å². The van der Waals surface area contributed by atoms with Gasteiger partial charge in [0.1, 0.15) is 5.75 Å². The number of benzene rings is 2. The highest BCUT2D eigenvalue weighted by atomic mass is 16.6. The van der Waals surface area contributed by atoms with Gasteiger partial charge in [-0.05, 0) is 48.0 Å². The third-order valence-electron chi connectivity index (χ3n) is 3.29. The summed E-state index contributed by atoms with van der Waals surface area (Å²) in [4.78, 5) is 23.2. The fourth-order valence-corrected chi connectivity index (χ4v) is 2.14. The molecule has 0 unspecified atom stereocenters. The van der Waals surface area contributed by atoms with Crippen molar-refractivity contribution in [2.45, 2.75) is 6.92 Å². The molecule has 0 spiro atoms. The van der Waals surface area contributed by atoms with E-state index >= 15 is 0 Å². The van der Waals surface area contributed by atoms with Gasteiger partial charge in [-0.3, -0.25) is 9.59 Å². The van der Waals surface area contributed by atoms with Crippen molar-refractivity contribution < 1.29 is 28.9 Å². The number of anilines is 1. The van der Waals surface area contributed by atoms with Crippen LogP contribution in [0.15, 0.2) is 42.5 Å². The highest BCUT2D eigenvalue weighted by molar-refractivity contribution is 6.02. The summed E-state index contributed by atoms with van der Waals surface area (Å²) in [5.74, 6) is 0.0472. The summed E-state index contributed by atoms with van der Waals surface area (Å²) in [5.41, 5.74) is 1.17. The van der Waals surface area contributed by atoms with Crippen molar-refractivity contribution in [3.8, 4) is 23.0 Å². The number of esters is 1. The van der Waals surface area contributed by atoms with Crippen molar-refractivity contribution in [2.75, 3.05) is 19.5 Å². The smallest absolute Gasteiger partial charge is 0.308 e. The number of nitrogens with one attached hydrogen (secondary N) is 1. The van der Waals surface area contributed by atoms with E-state index in [1.54, 1.807) is 30.3 Å². The molecule has 2 rings (SSSR count). The predicted octanol–water partition coefficient (Wildman–Crippen LogP) is 2.99. The molecule has 0 bridgehead atoms. The van der Waals surface area contributed by atoms with E-state index in [-0.39, 0.29) is 17.4 Å². The fraction of sp³-hybridized carbons (Fsp3) is 0.158. The average molecular weight is 357 g/mol. The van der Waals surface area contributed by atoms with E-state index in [1.807, 2.05) is 0 Å². The summed E-state index contributed by atoms with van der Waals surface area (Å²) >= 11 is 0. The zero-order valence-corrected chi connectivity index (χ0v) is 14.6. The normalized spacial score (nSPS) is 10.4. The zero-order valence-electron chi connectivity index (χ0n) is 14.6. The maximum atomic E-state index is 12.0. The van der Waals surface area contributed by atoms with E-state index in [2.05, 4.69) is 5.32 Å². The van der Waals surface area contributed by atoms with Crippen LogP contribution >= 0.6 is 0 Å². The summed E-state index contributed by atoms with van der Waals surface area (Å²) in [6.07, 6.45) is 2.91. The van der Waals surface area contributed by atoms with Gasteiger partial charge in [0.2, 0.25) is 11.7 Å². The van der Waals surface area contributed by atoms with Gasteiger partial charge in [-0.25, -0.2) is 0 Å². The molecule has 1 amide bonds. The van der Waals surface area contributed by atoms with Crippen LogP contribution in [0.3, 0.4) is 0 Å². The standard InChI is InChI=1S/C19H19NO6/c1-12(21)26-19-16(24-2)10-13(11-17(19)25-3)4-9-18(23)20-14-5-7-15(22)8-6-14/h4-11,22H,1-3H3,(H,20,23)/b9-4+. The molecule has 0 aliphatic heterocycles. The van der Waals surface area contributed by atoms with Crippen molar-refractivity contribution in [2.24, 2.45) is 0 Å². The highest BCUT2D eigenvalue weighted by Gasteiger charge is 2.15. The SMILES string of the molecule is COc1cc(/C=C/C(=O)Nc2ccc(O)cc2)cc(OC)c1OC(C)=O. The number of hydrogen-bond donors (Lipinski definition) is 2. The molecule has 0 saturated heterocycles. The number of carbonyl (C=O) groups excluding carboxylic acids is 2. The van der Waals surface area contributed by atoms with Gasteiger partial charge in [0.25, 0.3) is 0 Å². The molecule has 0 aromatic heterocycles. The van der Waals surface area contributed by atoms with Crippen LogP contribution in [-0.4, -0.2) is 31.2 Å². The molecule has 0 fully saturated rings. The molecule has 7 nitrogen and oxygen atoms in total. The highest BCUT2D eigenvalue weighted by Crippen LogP contribution is 2.39. The molecule has 2 N–H and O–H groups in total. The van der Waals surface area contributed by atoms with Crippen molar-refractivity contribution in [3.05, 3.63) is 48.0 Å². The minimum Gasteiger partial charge on any atom is -0.508 e. The van der Waals surface area contributed by atoms with E-state index in [0.29, 0.717) is 22.7 Å². The Balaban J connectivity index is 2.19. The van der Waals surface area contributed by atoms with Gasteiger partial charge in [-0.2, -0.15) is 0 Å². The Labute approximate surface area is 150 Å². The minimum absolute atomic E-state index is 0.116. The fourth-order valence-electron chi connectivity index (χ4n) is 2.14. The van der Waals surface area contributed by atoms with Crippen molar-refractivity contribution in [1.82, 2.24) is 0 Å². The number of ether oxygens (including phenoxy) is 3. The Morgan fingerprint density at radius 3 is 2.12 bits per heavy atom. The lowest BCUT2D eigenvalue weighted by Gasteiger charge is -2.13. The van der Waals surface area contributed by atoms with Crippen LogP contribution in [0.25, 0.3) is 6.08 Å². The molecule has 136 valence electrons. The average Bonchev–Trinajstić information content (AvgIpc) is 2.62. The molecule has 7 heteroatoms. The summed E-state index contributed by atoms with van der Waals surface area (Å²) < 4.78 is 15.6. The molecule has 0 aliphatic carbocycles. The first kappa shape index (κ1) is 18.9. The van der Waals surface area contributed by atoms with Gasteiger partial charge < -0.3 is 24.6 Å². The maximum absolute atomic E-state index is 12.0. The lowest BCUT2D eigenvalue weighted by atomic mass is 10.1. The summed E-state index contributed by atoms with van der Waals surface area (Å²) in [7, 11) is 2.87. The molecule has 26 heavy (non-hydrogen) atoms. The Bertz CT molecular complexity index is 801. The molecule has 0 radical (unpaired) electrons. The summed E-state index contributed by atoms with van der Waals surface area (Å²) in [6, 6.07) is 9.35. The Morgan fingerprint density at radius 2 is 1.62 bits per heavy atom. The lowest BCUT2D eigenvalue weighted by Crippen LogP contribution is -2.07. The number of methoxy groups -OCH3 is 2. The first-order chi connectivity index (χ1) is 12.4. The van der Waals surface area contributed by atoms with Crippen LogP contribution in [-0.2, 0) is 9.59 Å². The number of carbonyl (C=O) groups is 2. The zero-order chi connectivity index (χ0) is 19.1. The number of amides is 1. The van der Waals surface area contributed by atoms with Crippen LogP contribution in [0.5, 0.6) is 23.0 Å². The van der Waals surface area contributed by atoms with Gasteiger partial charge in [0.05, 0.1) is 14.2 Å². The Morgan fingerprint density at radius 1 is 1.04 bits per heavy atom. The lowest BCUT2D eigenvalue weighted by molar-refractivity contribution is -0.132. The van der Waals surface area contributed by atoms with E-state index in [0.717, 1.165) is 0 Å². The molecule has 0 aliphatic rings. The number of aromatic hydroxyl groups is 1. The quantitative estimate of drug-likeness (QED) is 0.357. The van der Waals surface area contributed by atoms with E-state index in [4.69, 9.17) is 14.2 Å². The number of hydrogen-bond acceptors (Lipinski definition) is 6. The van der Waals surface area contributed by atoms with Gasteiger partial charge in [0.15, 0.2) is 11.5 Å². The van der Waals surface area contributed by atoms with Gasteiger partial charge >= 0.3 is 5.97 Å². The molecule has 2 aromatic rings. The second-order valence-electron chi connectivity index (χ2n) is 5.22. The summed E-state index contributed by atoms with van der Waals surface area (Å²) in [6.45, 7) is 1.28. The van der Waals surface area contributed by atoms with E-state index in [1.165, 1.54) is 39.4 Å².